The fourth-order valence-corrected chi connectivity index (χ4v) is 12.6. The van der Waals surface area contributed by atoms with Crippen molar-refractivity contribution in [3.05, 3.63) is 277 Å². The minimum absolute atomic E-state index is 0.149. The highest BCUT2D eigenvalue weighted by Crippen LogP contribution is 2.49. The number of hydrogen-bond acceptors (Lipinski definition) is 3. The van der Waals surface area contributed by atoms with Crippen molar-refractivity contribution in [1.82, 2.24) is 9.13 Å². The summed E-state index contributed by atoms with van der Waals surface area (Å²) in [6.07, 6.45) is 12.0. The molecule has 0 saturated heterocycles. The van der Waals surface area contributed by atoms with Crippen molar-refractivity contribution in [3.8, 4) is 33.7 Å². The smallest absolute Gasteiger partial charge is 0.136 e. The molecule has 4 nitrogen and oxygen atoms in total. The van der Waals surface area contributed by atoms with Crippen LogP contribution in [0.25, 0.3) is 92.1 Å². The predicted octanol–water partition coefficient (Wildman–Crippen LogP) is 18.2. The fourth-order valence-electron chi connectivity index (χ4n) is 11.5. The summed E-state index contributed by atoms with van der Waals surface area (Å²) >= 11 is 1.86. The Morgan fingerprint density at radius 3 is 2.15 bits per heavy atom. The monoisotopic (exact) mass is 949 g/mol. The third kappa shape index (κ3) is 6.76. The Labute approximate surface area is 426 Å². The van der Waals surface area contributed by atoms with Crippen LogP contribution in [0.5, 0.6) is 5.75 Å². The van der Waals surface area contributed by atoms with Crippen LogP contribution in [-0.2, 0) is 0 Å². The maximum Gasteiger partial charge on any atom is 0.136 e. The van der Waals surface area contributed by atoms with E-state index in [2.05, 4.69) is 268 Å². The van der Waals surface area contributed by atoms with Gasteiger partial charge in [0.05, 0.1) is 33.9 Å². The maximum absolute atomic E-state index is 6.78. The molecule has 1 atom stereocenters. The van der Waals surface area contributed by atoms with Crippen LogP contribution in [-0.4, -0.2) is 9.13 Å². The molecule has 3 aliphatic rings. The number of rotatable bonds is 8. The number of fused-ring (bicyclic) bond motifs is 11. The normalized spacial score (nSPS) is 14.8. The van der Waals surface area contributed by atoms with Gasteiger partial charge in [-0.15, -0.1) is 11.3 Å². The highest BCUT2D eigenvalue weighted by Gasteiger charge is 2.35. The summed E-state index contributed by atoms with van der Waals surface area (Å²) in [5.74, 6) is 2.06. The van der Waals surface area contributed by atoms with Gasteiger partial charge >= 0.3 is 0 Å². The topological polar surface area (TPSA) is 22.3 Å². The van der Waals surface area contributed by atoms with Gasteiger partial charge in [-0.2, -0.15) is 0 Å². The molecule has 0 fully saturated rings. The van der Waals surface area contributed by atoms with Crippen molar-refractivity contribution < 1.29 is 4.74 Å². The van der Waals surface area contributed by atoms with E-state index in [0.29, 0.717) is 0 Å². The van der Waals surface area contributed by atoms with Crippen molar-refractivity contribution in [1.29, 1.82) is 0 Å². The second-order valence-corrected chi connectivity index (χ2v) is 20.2. The zero-order valence-corrected chi connectivity index (χ0v) is 40.4. The second kappa shape index (κ2) is 16.6. The van der Waals surface area contributed by atoms with E-state index in [-0.39, 0.29) is 5.92 Å². The zero-order chi connectivity index (χ0) is 48.0. The van der Waals surface area contributed by atoms with Crippen LogP contribution in [0.4, 0.5) is 11.4 Å². The van der Waals surface area contributed by atoms with Gasteiger partial charge in [0.2, 0.25) is 0 Å². The largest absolute Gasteiger partial charge is 0.459 e. The molecule has 2 aliphatic carbocycles. The fraction of sp³-hybridized carbons (Fsp3) is 0.0294. The van der Waals surface area contributed by atoms with E-state index in [1.165, 1.54) is 64.1 Å². The van der Waals surface area contributed by atoms with Crippen molar-refractivity contribution in [2.24, 2.45) is 0 Å². The number of aromatic nitrogens is 2. The van der Waals surface area contributed by atoms with Crippen LogP contribution < -0.4 is 9.64 Å². The van der Waals surface area contributed by atoms with E-state index in [1.807, 2.05) is 11.3 Å². The summed E-state index contributed by atoms with van der Waals surface area (Å²) < 4.78 is 14.1. The van der Waals surface area contributed by atoms with Crippen molar-refractivity contribution in [2.45, 2.75) is 12.3 Å². The Morgan fingerprint density at radius 1 is 0.534 bits per heavy atom. The number of hydrogen-bond donors (Lipinski definition) is 0. The first kappa shape index (κ1) is 41.4. The van der Waals surface area contributed by atoms with Crippen LogP contribution in [0.15, 0.2) is 266 Å². The Balaban J connectivity index is 0.876. The highest BCUT2D eigenvalue weighted by molar-refractivity contribution is 7.25. The zero-order valence-electron chi connectivity index (χ0n) is 39.5. The first-order chi connectivity index (χ1) is 36.2. The number of nitrogens with zero attached hydrogens (tertiary/aromatic N) is 3. The molecule has 15 rings (SSSR count). The minimum atomic E-state index is 0.149. The molecular weight excluding hydrogens is 907 g/mol. The van der Waals surface area contributed by atoms with Crippen molar-refractivity contribution in [2.75, 3.05) is 4.90 Å². The molecule has 1 unspecified atom stereocenters. The lowest BCUT2D eigenvalue weighted by Crippen LogP contribution is -2.21. The van der Waals surface area contributed by atoms with E-state index < -0.39 is 0 Å². The van der Waals surface area contributed by atoms with E-state index in [1.54, 1.807) is 0 Å². The van der Waals surface area contributed by atoms with Gasteiger partial charge in [0.25, 0.3) is 0 Å². The quantitative estimate of drug-likeness (QED) is 0.142. The predicted molar refractivity (Wildman–Crippen MR) is 305 cm³/mol. The number of thiophene rings is 1. The van der Waals surface area contributed by atoms with E-state index >= 15 is 0 Å². The van der Waals surface area contributed by atoms with Gasteiger partial charge < -0.3 is 18.8 Å². The average Bonchev–Trinajstić information content (AvgIpc) is 4.25. The molecule has 3 aromatic heterocycles. The number of allylic oxidation sites excluding steroid dienone is 7. The van der Waals surface area contributed by atoms with Crippen LogP contribution in [0.2, 0.25) is 0 Å². The highest BCUT2D eigenvalue weighted by atomic mass is 32.1. The number of ether oxygens (including phenoxy) is 1. The maximum atomic E-state index is 6.78. The summed E-state index contributed by atoms with van der Waals surface area (Å²) in [5.41, 5.74) is 23.8. The number of para-hydroxylation sites is 2. The molecule has 0 spiro atoms. The van der Waals surface area contributed by atoms with Crippen molar-refractivity contribution in [3.63, 3.8) is 0 Å². The number of benzene rings is 9. The Bertz CT molecular complexity index is 4450. The average molecular weight is 950 g/mol. The molecule has 4 heterocycles. The number of anilines is 2. The molecule has 73 heavy (non-hydrogen) atoms. The summed E-state index contributed by atoms with van der Waals surface area (Å²) in [7, 11) is 0. The van der Waals surface area contributed by atoms with Gasteiger partial charge in [-0.05, 0) is 149 Å². The Morgan fingerprint density at radius 2 is 1.26 bits per heavy atom. The first-order valence-electron chi connectivity index (χ1n) is 24.9. The lowest BCUT2D eigenvalue weighted by atomic mass is 9.90. The molecular formula is C68H43N3OS. The van der Waals surface area contributed by atoms with Gasteiger partial charge in [0.1, 0.15) is 11.5 Å². The van der Waals surface area contributed by atoms with Crippen LogP contribution in [0.1, 0.15) is 23.5 Å². The van der Waals surface area contributed by atoms with Gasteiger partial charge in [0.15, 0.2) is 0 Å². The van der Waals surface area contributed by atoms with Crippen LogP contribution >= 0.6 is 11.3 Å². The molecule has 1 aliphatic heterocycles. The van der Waals surface area contributed by atoms with Gasteiger partial charge in [-0.25, -0.2) is 0 Å². The van der Waals surface area contributed by atoms with E-state index in [9.17, 15) is 0 Å². The molecule has 342 valence electrons. The van der Waals surface area contributed by atoms with E-state index in [0.717, 1.165) is 74.1 Å². The molecule has 12 aromatic rings. The van der Waals surface area contributed by atoms with Gasteiger partial charge in [-0.3, -0.25) is 0 Å². The SMILES string of the molecule is C1=C=C(n2c3ccc(-c4ccc5sc6ccccc6c5c4)cc3c3ccc4c(ccn4-c4ccccc4)c32)C=C(c2cccc(N(C3=C4Oc5ccccc5C4CC=C3)c3ccc(-c4ccccc4)cc3)c2)C=1. The van der Waals surface area contributed by atoms with Crippen LogP contribution in [0, 0.1) is 0 Å². The molecule has 5 heteroatoms. The molecule has 9 aromatic carbocycles. The Hall–Kier alpha value is -9.34. The summed E-state index contributed by atoms with van der Waals surface area (Å²) in [5, 5.41) is 6.16. The molecule has 0 amide bonds. The minimum Gasteiger partial charge on any atom is -0.459 e. The summed E-state index contributed by atoms with van der Waals surface area (Å²) in [4.78, 5) is 2.36. The standard InChI is InChI=1S/C68H43N3OS/c1-3-14-44(15-4-1)45-28-32-51(33-29-45)70(63-25-13-24-57-54-22-7-9-26-64(54)72-68(57)63)52-20-11-16-46(40-52)47-17-12-21-53(41-47)71-62-35-30-48(49-31-37-66-60(43-49)55-23-8-10-27-65(55)73-66)42-59(62)56-34-36-61-58(67(56)71)38-39-69(61)50-18-5-2-6-19-50/h1-11,13-20,22-23,25-43,57H,24H2. The third-order valence-corrected chi connectivity index (χ3v) is 16.1. The lowest BCUT2D eigenvalue weighted by Gasteiger charge is -2.30. The van der Waals surface area contributed by atoms with Gasteiger partial charge in [0, 0.05) is 65.2 Å². The summed E-state index contributed by atoms with van der Waals surface area (Å²) in [6.45, 7) is 0. The molecule has 0 radical (unpaired) electrons. The Kier molecular flexibility index (Phi) is 9.45. The summed E-state index contributed by atoms with van der Waals surface area (Å²) in [6, 6.07) is 76.9. The van der Waals surface area contributed by atoms with Gasteiger partial charge in [-0.1, -0.05) is 139 Å². The third-order valence-electron chi connectivity index (χ3n) is 14.9. The lowest BCUT2D eigenvalue weighted by molar-refractivity contribution is 0.418. The molecule has 0 N–H and O–H groups in total. The molecule has 0 bridgehead atoms. The second-order valence-electron chi connectivity index (χ2n) is 19.1. The molecule has 0 saturated carbocycles. The first-order valence-corrected chi connectivity index (χ1v) is 25.7. The van der Waals surface area contributed by atoms with Crippen LogP contribution in [0.3, 0.4) is 0 Å². The van der Waals surface area contributed by atoms with Crippen molar-refractivity contribution >= 4 is 86.9 Å². The van der Waals surface area contributed by atoms with E-state index in [4.69, 9.17) is 4.74 Å².